The Bertz CT molecular complexity index is 761. The molecule has 2 saturated heterocycles. The summed E-state index contributed by atoms with van der Waals surface area (Å²) in [7, 11) is 0. The summed E-state index contributed by atoms with van der Waals surface area (Å²) in [5.41, 5.74) is 0.382. The Morgan fingerprint density at radius 1 is 1.07 bits per heavy atom. The molecular weight excluding hydrogens is 361 g/mol. The van der Waals surface area contributed by atoms with Gasteiger partial charge < -0.3 is 15.1 Å². The second-order valence-electron chi connectivity index (χ2n) is 8.11. The van der Waals surface area contributed by atoms with E-state index in [1.165, 1.54) is 43.5 Å². The van der Waals surface area contributed by atoms with Gasteiger partial charge in [0.2, 0.25) is 11.8 Å². The molecule has 150 valence electrons. The normalized spacial score (nSPS) is 26.0. The van der Waals surface area contributed by atoms with Crippen LogP contribution in [0.1, 0.15) is 48.9 Å². The summed E-state index contributed by atoms with van der Waals surface area (Å²) in [4.78, 5) is 41.5. The molecule has 0 spiro atoms. The van der Waals surface area contributed by atoms with Crippen molar-refractivity contribution in [2.45, 2.75) is 50.6 Å². The van der Waals surface area contributed by atoms with Gasteiger partial charge in [-0.1, -0.05) is 32.1 Å². The summed E-state index contributed by atoms with van der Waals surface area (Å²) in [6.07, 6.45) is 6.63. The predicted octanol–water partition coefficient (Wildman–Crippen LogP) is 1.95. The third-order valence-electron chi connectivity index (χ3n) is 6.25. The van der Waals surface area contributed by atoms with Crippen molar-refractivity contribution in [3.8, 4) is 0 Å². The van der Waals surface area contributed by atoms with Crippen molar-refractivity contribution in [2.24, 2.45) is 5.92 Å². The molecule has 1 N–H and O–H groups in total. The van der Waals surface area contributed by atoms with Crippen LogP contribution in [-0.4, -0.2) is 59.2 Å². The van der Waals surface area contributed by atoms with Crippen LogP contribution in [0, 0.1) is 11.7 Å². The molecule has 2 heterocycles. The van der Waals surface area contributed by atoms with Gasteiger partial charge in [0, 0.05) is 18.7 Å². The fraction of sp³-hybridized carbons (Fsp3) is 0.571. The minimum absolute atomic E-state index is 0.0240. The summed E-state index contributed by atoms with van der Waals surface area (Å²) in [6.45, 7) is 0.900. The zero-order chi connectivity index (χ0) is 19.7. The van der Waals surface area contributed by atoms with Crippen LogP contribution in [0.3, 0.4) is 0 Å². The van der Waals surface area contributed by atoms with Crippen LogP contribution in [0.2, 0.25) is 0 Å². The number of nitrogens with zero attached hydrogens (tertiary/aromatic N) is 2. The molecule has 28 heavy (non-hydrogen) atoms. The number of carbonyl (C=O) groups excluding carboxylic acids is 3. The lowest BCUT2D eigenvalue weighted by Crippen LogP contribution is -2.69. The van der Waals surface area contributed by atoms with E-state index in [4.69, 9.17) is 0 Å². The van der Waals surface area contributed by atoms with E-state index in [2.05, 4.69) is 5.32 Å². The van der Waals surface area contributed by atoms with Crippen LogP contribution in [0.4, 0.5) is 4.39 Å². The van der Waals surface area contributed by atoms with Gasteiger partial charge >= 0.3 is 0 Å². The third kappa shape index (κ3) is 3.75. The summed E-state index contributed by atoms with van der Waals surface area (Å²) in [6, 6.07) is 4.29. The number of halogens is 1. The number of piperazine rings is 2. The molecule has 2 atom stereocenters. The molecule has 4 rings (SSSR count). The second kappa shape index (κ2) is 7.89. The van der Waals surface area contributed by atoms with Crippen molar-refractivity contribution >= 4 is 17.7 Å². The Kier molecular flexibility index (Phi) is 5.33. The number of rotatable bonds is 3. The van der Waals surface area contributed by atoms with E-state index >= 15 is 0 Å². The minimum atomic E-state index is -0.645. The second-order valence-corrected chi connectivity index (χ2v) is 8.11. The average Bonchev–Trinajstić information content (AvgIpc) is 2.72. The highest BCUT2D eigenvalue weighted by molar-refractivity contribution is 5.99. The van der Waals surface area contributed by atoms with Crippen LogP contribution >= 0.6 is 0 Å². The molecular formula is C21H26FN3O3. The monoisotopic (exact) mass is 387 g/mol. The van der Waals surface area contributed by atoms with Gasteiger partial charge in [0.15, 0.2) is 0 Å². The van der Waals surface area contributed by atoms with E-state index in [1.54, 1.807) is 9.80 Å². The molecule has 3 aliphatic rings. The summed E-state index contributed by atoms with van der Waals surface area (Å²) in [5.74, 6) is -0.353. The number of fused-ring (bicyclic) bond motifs is 1. The first-order chi connectivity index (χ1) is 13.5. The van der Waals surface area contributed by atoms with Crippen LogP contribution < -0.4 is 5.32 Å². The molecule has 1 saturated carbocycles. The van der Waals surface area contributed by atoms with Gasteiger partial charge in [0.05, 0.1) is 6.54 Å². The van der Waals surface area contributed by atoms with Gasteiger partial charge in [0.25, 0.3) is 5.91 Å². The standard InChI is InChI=1S/C21H26FN3O3/c22-16-8-6-15(7-9-16)20(27)24-10-11-25-18(13-24)19(26)23-17(21(25)28)12-14-4-2-1-3-5-14/h6-9,14,17-18H,1-5,10-13H2,(H,23,26)/t17-,18+/m0/s1. The molecule has 0 unspecified atom stereocenters. The number of benzene rings is 1. The van der Waals surface area contributed by atoms with Gasteiger partial charge in [-0.3, -0.25) is 14.4 Å². The summed E-state index contributed by atoms with van der Waals surface area (Å²) in [5, 5.41) is 2.90. The molecule has 0 bridgehead atoms. The Balaban J connectivity index is 1.41. The largest absolute Gasteiger partial charge is 0.342 e. The van der Waals surface area contributed by atoms with Crippen LogP contribution in [0.15, 0.2) is 24.3 Å². The zero-order valence-electron chi connectivity index (χ0n) is 15.9. The Morgan fingerprint density at radius 3 is 2.50 bits per heavy atom. The maximum atomic E-state index is 13.1. The molecule has 2 aliphatic heterocycles. The fourth-order valence-electron chi connectivity index (χ4n) is 4.68. The first-order valence-electron chi connectivity index (χ1n) is 10.2. The van der Waals surface area contributed by atoms with E-state index < -0.39 is 17.9 Å². The zero-order valence-corrected chi connectivity index (χ0v) is 15.9. The predicted molar refractivity (Wildman–Crippen MR) is 101 cm³/mol. The molecule has 7 heteroatoms. The average molecular weight is 387 g/mol. The molecule has 1 aromatic rings. The van der Waals surface area contributed by atoms with Crippen LogP contribution in [-0.2, 0) is 9.59 Å². The van der Waals surface area contributed by atoms with Gasteiger partial charge in [-0.05, 0) is 36.6 Å². The van der Waals surface area contributed by atoms with Crippen molar-refractivity contribution in [3.05, 3.63) is 35.6 Å². The van der Waals surface area contributed by atoms with Gasteiger partial charge in [-0.25, -0.2) is 4.39 Å². The highest BCUT2D eigenvalue weighted by Gasteiger charge is 2.44. The quantitative estimate of drug-likeness (QED) is 0.862. The molecule has 1 aliphatic carbocycles. The fourth-order valence-corrected chi connectivity index (χ4v) is 4.68. The highest BCUT2D eigenvalue weighted by atomic mass is 19.1. The molecule has 1 aromatic carbocycles. The van der Waals surface area contributed by atoms with Crippen molar-refractivity contribution in [1.82, 2.24) is 15.1 Å². The first-order valence-corrected chi connectivity index (χ1v) is 10.2. The van der Waals surface area contributed by atoms with Crippen molar-refractivity contribution in [2.75, 3.05) is 19.6 Å². The number of hydrogen-bond donors (Lipinski definition) is 1. The topological polar surface area (TPSA) is 69.7 Å². The van der Waals surface area contributed by atoms with Crippen LogP contribution in [0.5, 0.6) is 0 Å². The van der Waals surface area contributed by atoms with E-state index in [0.29, 0.717) is 31.0 Å². The maximum Gasteiger partial charge on any atom is 0.254 e. The lowest BCUT2D eigenvalue weighted by molar-refractivity contribution is -0.152. The number of hydrogen-bond acceptors (Lipinski definition) is 3. The van der Waals surface area contributed by atoms with Crippen molar-refractivity contribution < 1.29 is 18.8 Å². The Labute approximate surface area is 164 Å². The number of amides is 3. The Hall–Kier alpha value is -2.44. The van der Waals surface area contributed by atoms with Crippen molar-refractivity contribution in [3.63, 3.8) is 0 Å². The summed E-state index contributed by atoms with van der Waals surface area (Å²) < 4.78 is 13.1. The summed E-state index contributed by atoms with van der Waals surface area (Å²) >= 11 is 0. The van der Waals surface area contributed by atoms with Gasteiger partial charge in [0.1, 0.15) is 17.9 Å². The van der Waals surface area contributed by atoms with Gasteiger partial charge in [-0.2, -0.15) is 0 Å². The smallest absolute Gasteiger partial charge is 0.254 e. The first kappa shape index (κ1) is 18.9. The highest BCUT2D eigenvalue weighted by Crippen LogP contribution is 2.29. The van der Waals surface area contributed by atoms with Gasteiger partial charge in [-0.15, -0.1) is 0 Å². The minimum Gasteiger partial charge on any atom is -0.342 e. The third-order valence-corrected chi connectivity index (χ3v) is 6.25. The Morgan fingerprint density at radius 2 is 1.79 bits per heavy atom. The van der Waals surface area contributed by atoms with E-state index in [0.717, 1.165) is 12.8 Å². The maximum absolute atomic E-state index is 13.1. The van der Waals surface area contributed by atoms with E-state index in [1.807, 2.05) is 0 Å². The van der Waals surface area contributed by atoms with E-state index in [-0.39, 0.29) is 24.3 Å². The molecule has 0 aromatic heterocycles. The molecule has 3 fully saturated rings. The molecule has 0 radical (unpaired) electrons. The van der Waals surface area contributed by atoms with Crippen molar-refractivity contribution in [1.29, 1.82) is 0 Å². The van der Waals surface area contributed by atoms with Crippen LogP contribution in [0.25, 0.3) is 0 Å². The number of carbonyl (C=O) groups is 3. The molecule has 6 nitrogen and oxygen atoms in total. The number of nitrogens with one attached hydrogen (secondary N) is 1. The SMILES string of the molecule is O=C1N[C@@H](CC2CCCCC2)C(=O)N2CCN(C(=O)c3ccc(F)cc3)C[C@H]12. The lowest BCUT2D eigenvalue weighted by atomic mass is 9.84. The lowest BCUT2D eigenvalue weighted by Gasteiger charge is -2.45. The van der Waals surface area contributed by atoms with E-state index in [9.17, 15) is 18.8 Å². The molecule has 3 amide bonds.